The third kappa shape index (κ3) is 5.15. The van der Waals surface area contributed by atoms with Crippen LogP contribution in [-0.2, 0) is 17.6 Å². The summed E-state index contributed by atoms with van der Waals surface area (Å²) in [5, 5.41) is 0. The van der Waals surface area contributed by atoms with Crippen molar-refractivity contribution in [3.63, 3.8) is 0 Å². The van der Waals surface area contributed by atoms with E-state index in [1.54, 1.807) is 11.8 Å². The van der Waals surface area contributed by atoms with Crippen LogP contribution in [0.2, 0.25) is 0 Å². The van der Waals surface area contributed by atoms with Gasteiger partial charge >= 0.3 is 0 Å². The normalized spacial score (nSPS) is 14.2. The highest BCUT2D eigenvalue weighted by Crippen LogP contribution is 2.27. The second kappa shape index (κ2) is 9.76. The van der Waals surface area contributed by atoms with Crippen LogP contribution in [0.25, 0.3) is 0 Å². The van der Waals surface area contributed by atoms with Crippen LogP contribution in [0.1, 0.15) is 80.9 Å². The van der Waals surface area contributed by atoms with Crippen LogP contribution < -0.4 is 4.90 Å². The number of amides is 1. The number of nitrogens with zero attached hydrogens (tertiary/aromatic N) is 4. The van der Waals surface area contributed by atoms with Gasteiger partial charge < -0.3 is 0 Å². The molecule has 0 spiro atoms. The van der Waals surface area contributed by atoms with Crippen LogP contribution in [-0.4, -0.2) is 27.4 Å². The fourth-order valence-electron chi connectivity index (χ4n) is 4.00. The highest BCUT2D eigenvalue weighted by atomic mass is 16.2. The zero-order valence-corrected chi connectivity index (χ0v) is 17.4. The van der Waals surface area contributed by atoms with Gasteiger partial charge in [0.25, 0.3) is 0 Å². The average molecular weight is 381 g/mol. The summed E-state index contributed by atoms with van der Waals surface area (Å²) in [6, 6.07) is 4.28. The van der Waals surface area contributed by atoms with Gasteiger partial charge in [0, 0.05) is 31.6 Å². The van der Waals surface area contributed by atoms with Crippen molar-refractivity contribution in [2.45, 2.75) is 78.1 Å². The van der Waals surface area contributed by atoms with Gasteiger partial charge in [-0.05, 0) is 62.1 Å². The molecule has 5 nitrogen and oxygen atoms in total. The van der Waals surface area contributed by atoms with Gasteiger partial charge in [-0.25, -0.2) is 15.0 Å². The van der Waals surface area contributed by atoms with E-state index in [2.05, 4.69) is 29.0 Å². The van der Waals surface area contributed by atoms with E-state index in [1.807, 2.05) is 19.3 Å². The van der Waals surface area contributed by atoms with E-state index in [-0.39, 0.29) is 5.91 Å². The Morgan fingerprint density at radius 3 is 2.61 bits per heavy atom. The summed E-state index contributed by atoms with van der Waals surface area (Å²) in [4.78, 5) is 27.0. The topological polar surface area (TPSA) is 59.0 Å². The molecule has 2 aromatic heterocycles. The summed E-state index contributed by atoms with van der Waals surface area (Å²) in [6.07, 6.45) is 13.1. The number of fused-ring (bicyclic) bond motifs is 1. The van der Waals surface area contributed by atoms with Gasteiger partial charge in [-0.3, -0.25) is 9.69 Å². The van der Waals surface area contributed by atoms with Gasteiger partial charge in [-0.1, -0.05) is 32.3 Å². The van der Waals surface area contributed by atoms with Gasteiger partial charge in [-0.2, -0.15) is 0 Å². The van der Waals surface area contributed by atoms with E-state index < -0.39 is 0 Å². The Morgan fingerprint density at radius 2 is 1.89 bits per heavy atom. The molecule has 1 aliphatic rings. The molecule has 0 saturated carbocycles. The fraction of sp³-hybridized carbons (Fsp3) is 0.565. The Bertz CT molecular complexity index is 788. The maximum absolute atomic E-state index is 11.7. The molecule has 150 valence electrons. The van der Waals surface area contributed by atoms with Crippen molar-refractivity contribution in [3.05, 3.63) is 47.2 Å². The van der Waals surface area contributed by atoms with Crippen LogP contribution in [0.5, 0.6) is 0 Å². The molecular weight excluding hydrogens is 348 g/mol. The minimum atomic E-state index is 0.0906. The van der Waals surface area contributed by atoms with Crippen LogP contribution in [0.3, 0.4) is 0 Å². The third-order valence-electron chi connectivity index (χ3n) is 5.75. The quantitative estimate of drug-likeness (QED) is 0.588. The maximum atomic E-state index is 11.7. The SMILES string of the molecule is CCC(CCCCCCc1ccc2c(n1)N(C(C)=O)CC2)c1cnc(C)nc1. The standard InChI is InChI=1S/C23H32N4O/c1-4-19(21-15-24-17(2)25-16-21)9-7-5-6-8-10-22-12-11-20-13-14-27(18(3)28)23(20)26-22/h11-12,15-16,19H,4-10,13-14H2,1-3H3. The van der Waals surface area contributed by atoms with Gasteiger partial charge in [0.15, 0.2) is 0 Å². The first-order valence-corrected chi connectivity index (χ1v) is 10.6. The van der Waals surface area contributed by atoms with Crippen LogP contribution in [0.15, 0.2) is 24.5 Å². The lowest BCUT2D eigenvalue weighted by Gasteiger charge is -2.15. The molecule has 5 heteroatoms. The summed E-state index contributed by atoms with van der Waals surface area (Å²) in [7, 11) is 0. The first-order valence-electron chi connectivity index (χ1n) is 10.6. The highest BCUT2D eigenvalue weighted by Gasteiger charge is 2.23. The Hall–Kier alpha value is -2.30. The summed E-state index contributed by atoms with van der Waals surface area (Å²) in [5.74, 6) is 2.38. The molecular formula is C23H32N4O. The number of aryl methyl sites for hydroxylation is 2. The molecule has 1 aliphatic heterocycles. The summed E-state index contributed by atoms with van der Waals surface area (Å²) in [5.41, 5.74) is 3.57. The number of carbonyl (C=O) groups excluding carboxylic acids is 1. The lowest BCUT2D eigenvalue weighted by atomic mass is 9.92. The monoisotopic (exact) mass is 380 g/mol. The number of unbranched alkanes of at least 4 members (excludes halogenated alkanes) is 3. The number of carbonyl (C=O) groups is 1. The van der Waals surface area contributed by atoms with Crippen molar-refractivity contribution in [3.8, 4) is 0 Å². The lowest BCUT2D eigenvalue weighted by molar-refractivity contribution is -0.116. The maximum Gasteiger partial charge on any atom is 0.225 e. The van der Waals surface area contributed by atoms with Crippen LogP contribution >= 0.6 is 0 Å². The summed E-state index contributed by atoms with van der Waals surface area (Å²) >= 11 is 0. The van der Waals surface area contributed by atoms with Crippen LogP contribution in [0.4, 0.5) is 5.82 Å². The molecule has 0 aromatic carbocycles. The molecule has 0 radical (unpaired) electrons. The lowest BCUT2D eigenvalue weighted by Crippen LogP contribution is -2.26. The molecule has 3 rings (SSSR count). The molecule has 1 unspecified atom stereocenters. The third-order valence-corrected chi connectivity index (χ3v) is 5.75. The Balaban J connectivity index is 1.40. The average Bonchev–Trinajstić information content (AvgIpc) is 3.12. The van der Waals surface area contributed by atoms with Crippen molar-refractivity contribution in [1.82, 2.24) is 15.0 Å². The van der Waals surface area contributed by atoms with Crippen molar-refractivity contribution in [2.24, 2.45) is 0 Å². The number of hydrogen-bond acceptors (Lipinski definition) is 4. The summed E-state index contributed by atoms with van der Waals surface area (Å²) < 4.78 is 0. The van der Waals surface area contributed by atoms with Gasteiger partial charge in [0.05, 0.1) is 0 Å². The number of rotatable bonds is 9. The molecule has 0 bridgehead atoms. The van der Waals surface area contributed by atoms with E-state index in [1.165, 1.54) is 36.8 Å². The van der Waals surface area contributed by atoms with Gasteiger partial charge in [0.1, 0.15) is 11.6 Å². The molecule has 0 aliphatic carbocycles. The first-order chi connectivity index (χ1) is 13.6. The van der Waals surface area contributed by atoms with E-state index >= 15 is 0 Å². The smallest absolute Gasteiger partial charge is 0.225 e. The second-order valence-corrected chi connectivity index (χ2v) is 7.83. The van der Waals surface area contributed by atoms with E-state index in [9.17, 15) is 4.79 Å². The van der Waals surface area contributed by atoms with Crippen LogP contribution in [0, 0.1) is 6.92 Å². The molecule has 2 aromatic rings. The molecule has 1 amide bonds. The minimum Gasteiger partial charge on any atom is -0.297 e. The number of anilines is 1. The van der Waals surface area contributed by atoms with Crippen molar-refractivity contribution in [2.75, 3.05) is 11.4 Å². The number of hydrogen-bond donors (Lipinski definition) is 0. The highest BCUT2D eigenvalue weighted by molar-refractivity contribution is 5.92. The first kappa shape index (κ1) is 20.4. The number of pyridine rings is 1. The fourth-order valence-corrected chi connectivity index (χ4v) is 4.00. The van der Waals surface area contributed by atoms with Crippen molar-refractivity contribution < 1.29 is 4.79 Å². The second-order valence-electron chi connectivity index (χ2n) is 7.83. The largest absolute Gasteiger partial charge is 0.297 e. The molecule has 28 heavy (non-hydrogen) atoms. The zero-order chi connectivity index (χ0) is 19.9. The zero-order valence-electron chi connectivity index (χ0n) is 17.4. The van der Waals surface area contributed by atoms with E-state index in [0.29, 0.717) is 5.92 Å². The van der Waals surface area contributed by atoms with Gasteiger partial charge in [-0.15, -0.1) is 0 Å². The molecule has 1 atom stereocenters. The number of aromatic nitrogens is 3. The van der Waals surface area contributed by atoms with E-state index in [4.69, 9.17) is 4.98 Å². The predicted molar refractivity (Wildman–Crippen MR) is 113 cm³/mol. The Labute approximate surface area is 168 Å². The Kier molecular flexibility index (Phi) is 7.12. The van der Waals surface area contributed by atoms with Crippen molar-refractivity contribution in [1.29, 1.82) is 0 Å². The minimum absolute atomic E-state index is 0.0906. The summed E-state index contributed by atoms with van der Waals surface area (Å²) in [6.45, 7) is 6.56. The molecule has 0 fully saturated rings. The van der Waals surface area contributed by atoms with Gasteiger partial charge in [0.2, 0.25) is 5.91 Å². The Morgan fingerprint density at radius 1 is 1.14 bits per heavy atom. The molecule has 3 heterocycles. The van der Waals surface area contributed by atoms with Crippen molar-refractivity contribution >= 4 is 11.7 Å². The predicted octanol–water partition coefficient (Wildman–Crippen LogP) is 4.78. The molecule has 0 N–H and O–H groups in total. The molecule has 0 saturated heterocycles. The van der Waals surface area contributed by atoms with E-state index in [0.717, 1.165) is 49.6 Å².